The maximum absolute atomic E-state index is 4.59. The van der Waals surface area contributed by atoms with Gasteiger partial charge in [0.1, 0.15) is 17.5 Å². The molecule has 0 aliphatic heterocycles. The fourth-order valence-electron chi connectivity index (χ4n) is 1.90. The van der Waals surface area contributed by atoms with Gasteiger partial charge < -0.3 is 10.2 Å². The molecule has 0 aliphatic carbocycles. The minimum Gasteiger partial charge on any atom is -0.370 e. The van der Waals surface area contributed by atoms with Gasteiger partial charge in [-0.05, 0) is 12.3 Å². The summed E-state index contributed by atoms with van der Waals surface area (Å²) in [6.07, 6.45) is 0.857. The molecular formula is C14H26N4. The number of nitrogens with one attached hydrogen (secondary N) is 1. The molecular weight excluding hydrogens is 224 g/mol. The highest BCUT2D eigenvalue weighted by Crippen LogP contribution is 2.20. The molecule has 0 aromatic carbocycles. The van der Waals surface area contributed by atoms with E-state index in [1.165, 1.54) is 0 Å². The number of anilines is 2. The summed E-state index contributed by atoms with van der Waals surface area (Å²) in [6, 6.07) is 2.02. The molecule has 4 heteroatoms. The second kappa shape index (κ2) is 6.03. The number of hydrogen-bond acceptors (Lipinski definition) is 4. The molecule has 1 rings (SSSR count). The van der Waals surface area contributed by atoms with Crippen LogP contribution in [0.2, 0.25) is 0 Å². The normalized spacial score (nSPS) is 11.4. The molecule has 0 saturated heterocycles. The lowest BCUT2D eigenvalue weighted by atomic mass is 9.96. The number of aryl methyl sites for hydroxylation is 1. The van der Waals surface area contributed by atoms with Crippen LogP contribution in [0.1, 0.15) is 40.4 Å². The highest BCUT2D eigenvalue weighted by molar-refractivity contribution is 5.49. The van der Waals surface area contributed by atoms with Crippen LogP contribution < -0.4 is 10.2 Å². The van der Waals surface area contributed by atoms with Crippen molar-refractivity contribution < 1.29 is 0 Å². The largest absolute Gasteiger partial charge is 0.370 e. The molecule has 0 spiro atoms. The molecule has 0 fully saturated rings. The Labute approximate surface area is 111 Å². The van der Waals surface area contributed by atoms with Gasteiger partial charge in [-0.2, -0.15) is 0 Å². The third-order valence-corrected chi connectivity index (χ3v) is 2.54. The summed E-state index contributed by atoms with van der Waals surface area (Å²) in [6.45, 7) is 12.7. The molecule has 0 radical (unpaired) electrons. The first-order chi connectivity index (χ1) is 8.35. The number of rotatable bonds is 5. The smallest absolute Gasteiger partial charge is 0.134 e. The molecule has 1 aromatic heterocycles. The van der Waals surface area contributed by atoms with Crippen molar-refractivity contribution in [3.63, 3.8) is 0 Å². The van der Waals surface area contributed by atoms with E-state index in [-0.39, 0.29) is 5.41 Å². The lowest BCUT2D eigenvalue weighted by Gasteiger charge is -2.27. The Morgan fingerprint density at radius 1 is 1.22 bits per heavy atom. The van der Waals surface area contributed by atoms with Crippen molar-refractivity contribution in [2.45, 2.75) is 41.0 Å². The van der Waals surface area contributed by atoms with Crippen molar-refractivity contribution in [1.82, 2.24) is 9.97 Å². The maximum Gasteiger partial charge on any atom is 0.134 e. The van der Waals surface area contributed by atoms with Crippen molar-refractivity contribution in [2.75, 3.05) is 30.4 Å². The van der Waals surface area contributed by atoms with Crippen LogP contribution in [0.15, 0.2) is 6.07 Å². The average Bonchev–Trinajstić information content (AvgIpc) is 2.26. The Kier molecular flexibility index (Phi) is 4.93. The predicted octanol–water partition coefficient (Wildman–Crippen LogP) is 2.95. The van der Waals surface area contributed by atoms with E-state index in [9.17, 15) is 0 Å². The first-order valence-electron chi connectivity index (χ1n) is 6.68. The molecule has 102 valence electrons. The Morgan fingerprint density at radius 2 is 1.89 bits per heavy atom. The van der Waals surface area contributed by atoms with Crippen LogP contribution >= 0.6 is 0 Å². The van der Waals surface area contributed by atoms with E-state index in [2.05, 4.69) is 61.9 Å². The standard InChI is InChI=1S/C14H26N4/c1-7-11-16-12(15-8-2)9-13(17-11)18(6)10-14(3,4)5/h9H,7-8,10H2,1-6H3,(H,15,16,17). The Morgan fingerprint density at radius 3 is 2.39 bits per heavy atom. The first kappa shape index (κ1) is 14.7. The molecule has 18 heavy (non-hydrogen) atoms. The van der Waals surface area contributed by atoms with E-state index in [0.717, 1.165) is 37.0 Å². The summed E-state index contributed by atoms with van der Waals surface area (Å²) in [5, 5.41) is 3.26. The third-order valence-electron chi connectivity index (χ3n) is 2.54. The molecule has 1 aromatic rings. The average molecular weight is 250 g/mol. The fraction of sp³-hybridized carbons (Fsp3) is 0.714. The summed E-state index contributed by atoms with van der Waals surface area (Å²) in [5.41, 5.74) is 0.254. The van der Waals surface area contributed by atoms with E-state index < -0.39 is 0 Å². The minimum absolute atomic E-state index is 0.254. The summed E-state index contributed by atoms with van der Waals surface area (Å²) < 4.78 is 0. The molecule has 0 saturated carbocycles. The van der Waals surface area contributed by atoms with Gasteiger partial charge in [-0.1, -0.05) is 27.7 Å². The van der Waals surface area contributed by atoms with Crippen LogP contribution in [0.3, 0.4) is 0 Å². The van der Waals surface area contributed by atoms with Crippen molar-refractivity contribution in [2.24, 2.45) is 5.41 Å². The summed E-state index contributed by atoms with van der Waals surface area (Å²) >= 11 is 0. The molecule has 0 aliphatic rings. The predicted molar refractivity (Wildman–Crippen MR) is 78.3 cm³/mol. The van der Waals surface area contributed by atoms with Gasteiger partial charge in [-0.3, -0.25) is 0 Å². The van der Waals surface area contributed by atoms with E-state index in [4.69, 9.17) is 0 Å². The van der Waals surface area contributed by atoms with Gasteiger partial charge >= 0.3 is 0 Å². The molecule has 1 N–H and O–H groups in total. The van der Waals surface area contributed by atoms with E-state index >= 15 is 0 Å². The van der Waals surface area contributed by atoms with Crippen molar-refractivity contribution in [3.8, 4) is 0 Å². The summed E-state index contributed by atoms with van der Waals surface area (Å²) in [5.74, 6) is 2.80. The highest BCUT2D eigenvalue weighted by Gasteiger charge is 2.15. The molecule has 0 bridgehead atoms. The quantitative estimate of drug-likeness (QED) is 0.872. The monoisotopic (exact) mass is 250 g/mol. The van der Waals surface area contributed by atoms with Crippen LogP contribution in [0, 0.1) is 5.41 Å². The molecule has 0 amide bonds. The zero-order valence-corrected chi connectivity index (χ0v) is 12.5. The van der Waals surface area contributed by atoms with E-state index in [1.807, 2.05) is 6.07 Å². The van der Waals surface area contributed by atoms with Crippen LogP contribution in [-0.4, -0.2) is 30.1 Å². The number of hydrogen-bond donors (Lipinski definition) is 1. The van der Waals surface area contributed by atoms with Gasteiger partial charge in [0.15, 0.2) is 0 Å². The van der Waals surface area contributed by atoms with Crippen LogP contribution in [-0.2, 0) is 6.42 Å². The van der Waals surface area contributed by atoms with Crippen molar-refractivity contribution in [1.29, 1.82) is 0 Å². The summed E-state index contributed by atoms with van der Waals surface area (Å²) in [4.78, 5) is 11.3. The Hall–Kier alpha value is -1.32. The zero-order valence-electron chi connectivity index (χ0n) is 12.5. The van der Waals surface area contributed by atoms with Gasteiger partial charge in [0, 0.05) is 32.6 Å². The maximum atomic E-state index is 4.59. The molecule has 0 atom stereocenters. The second-order valence-electron chi connectivity index (χ2n) is 5.83. The van der Waals surface area contributed by atoms with Crippen LogP contribution in [0.4, 0.5) is 11.6 Å². The van der Waals surface area contributed by atoms with Crippen molar-refractivity contribution in [3.05, 3.63) is 11.9 Å². The zero-order chi connectivity index (χ0) is 13.8. The topological polar surface area (TPSA) is 41.0 Å². The van der Waals surface area contributed by atoms with Gasteiger partial charge in [0.25, 0.3) is 0 Å². The highest BCUT2D eigenvalue weighted by atomic mass is 15.2. The van der Waals surface area contributed by atoms with Crippen molar-refractivity contribution >= 4 is 11.6 Å². The minimum atomic E-state index is 0.254. The lowest BCUT2D eigenvalue weighted by molar-refractivity contribution is 0.417. The Balaban J connectivity index is 2.96. The van der Waals surface area contributed by atoms with E-state index in [0.29, 0.717) is 0 Å². The van der Waals surface area contributed by atoms with Gasteiger partial charge in [-0.25, -0.2) is 9.97 Å². The number of aromatic nitrogens is 2. The fourth-order valence-corrected chi connectivity index (χ4v) is 1.90. The first-order valence-corrected chi connectivity index (χ1v) is 6.68. The van der Waals surface area contributed by atoms with Gasteiger partial charge in [0.05, 0.1) is 0 Å². The molecule has 1 heterocycles. The Bertz CT molecular complexity index is 382. The van der Waals surface area contributed by atoms with Gasteiger partial charge in [-0.15, -0.1) is 0 Å². The van der Waals surface area contributed by atoms with Crippen LogP contribution in [0.25, 0.3) is 0 Å². The second-order valence-corrected chi connectivity index (χ2v) is 5.83. The summed E-state index contributed by atoms with van der Waals surface area (Å²) in [7, 11) is 2.09. The SMILES string of the molecule is CCNc1cc(N(C)CC(C)(C)C)nc(CC)n1. The lowest BCUT2D eigenvalue weighted by Crippen LogP contribution is -2.30. The molecule has 0 unspecified atom stereocenters. The van der Waals surface area contributed by atoms with Gasteiger partial charge in [0.2, 0.25) is 0 Å². The van der Waals surface area contributed by atoms with E-state index in [1.54, 1.807) is 0 Å². The van der Waals surface area contributed by atoms with Crippen LogP contribution in [0.5, 0.6) is 0 Å². The molecule has 4 nitrogen and oxygen atoms in total. The number of nitrogens with zero attached hydrogens (tertiary/aromatic N) is 3. The third kappa shape index (κ3) is 4.51.